The highest BCUT2D eigenvalue weighted by Crippen LogP contribution is 2.30. The standard InChI is InChI=1S/C28H30BrFN6O3/c1-16-11-20(36-9-6-19(7-10-36)33-24(38)14-30)13-22-26(16)35-27(34-22)25-21(5-8-31-28(25)39)32-15-23(37)17-3-2-4-18(29)12-17/h2-5,8,11-13,19,23,37H,6-7,9-10,14-15H2,1H3,(H,33,38)(H,34,35)(H2,31,32,39). The lowest BCUT2D eigenvalue weighted by atomic mass is 10.0. The minimum Gasteiger partial charge on any atom is -0.387 e. The SMILES string of the molecule is Cc1cc(N2CCC(NC(=O)CF)CC2)cc2[nH]c(-c3c(NCC(O)c4cccc(Br)c4)cc[nH]c3=O)nc12. The maximum absolute atomic E-state index is 12.9. The van der Waals surface area contributed by atoms with E-state index in [-0.39, 0.29) is 18.1 Å². The number of amides is 1. The molecule has 1 amide bonds. The first-order chi connectivity index (χ1) is 18.8. The second kappa shape index (κ2) is 11.6. The van der Waals surface area contributed by atoms with Crippen molar-refractivity contribution in [1.29, 1.82) is 0 Å². The van der Waals surface area contributed by atoms with Crippen molar-refractivity contribution in [2.24, 2.45) is 0 Å². The van der Waals surface area contributed by atoms with Gasteiger partial charge in [-0.3, -0.25) is 9.59 Å². The van der Waals surface area contributed by atoms with E-state index in [4.69, 9.17) is 4.98 Å². The molecule has 2 aromatic carbocycles. The lowest BCUT2D eigenvalue weighted by Gasteiger charge is -2.34. The molecular weight excluding hydrogens is 567 g/mol. The molecule has 1 aliphatic rings. The summed E-state index contributed by atoms with van der Waals surface area (Å²) in [5.41, 5.74) is 4.92. The number of hydrogen-bond acceptors (Lipinski definition) is 6. The van der Waals surface area contributed by atoms with Gasteiger partial charge in [0.25, 0.3) is 11.5 Å². The van der Waals surface area contributed by atoms with Gasteiger partial charge in [0.2, 0.25) is 0 Å². The minimum atomic E-state index is -0.995. The third-order valence-electron chi connectivity index (χ3n) is 7.03. The van der Waals surface area contributed by atoms with Crippen molar-refractivity contribution in [2.45, 2.75) is 31.9 Å². The molecule has 1 unspecified atom stereocenters. The normalized spacial score (nSPS) is 14.9. The second-order valence-electron chi connectivity index (χ2n) is 9.75. The number of pyridine rings is 1. The average Bonchev–Trinajstić information content (AvgIpc) is 3.36. The van der Waals surface area contributed by atoms with Crippen molar-refractivity contribution in [3.63, 3.8) is 0 Å². The zero-order valence-electron chi connectivity index (χ0n) is 21.4. The number of carbonyl (C=O) groups excluding carboxylic acids is 1. The van der Waals surface area contributed by atoms with Crippen molar-refractivity contribution >= 4 is 44.2 Å². The Morgan fingerprint density at radius 1 is 1.26 bits per heavy atom. The summed E-state index contributed by atoms with van der Waals surface area (Å²) in [6, 6.07) is 13.3. The number of aryl methyl sites for hydroxylation is 1. The number of aromatic nitrogens is 3. The fraction of sp³-hybridized carbons (Fsp3) is 0.321. The first kappa shape index (κ1) is 26.9. The van der Waals surface area contributed by atoms with E-state index in [1.807, 2.05) is 37.3 Å². The van der Waals surface area contributed by atoms with Crippen molar-refractivity contribution in [3.05, 3.63) is 74.6 Å². The number of carbonyl (C=O) groups is 1. The maximum atomic E-state index is 12.9. The smallest absolute Gasteiger partial charge is 0.261 e. The lowest BCUT2D eigenvalue weighted by Crippen LogP contribution is -2.45. The summed E-state index contributed by atoms with van der Waals surface area (Å²) in [6.07, 6.45) is 2.25. The van der Waals surface area contributed by atoms with Gasteiger partial charge in [0.1, 0.15) is 11.4 Å². The van der Waals surface area contributed by atoms with Crippen LogP contribution in [0.4, 0.5) is 15.8 Å². The molecule has 0 aliphatic carbocycles. The fourth-order valence-electron chi connectivity index (χ4n) is 5.02. The van der Waals surface area contributed by atoms with Crippen LogP contribution in [0.3, 0.4) is 0 Å². The van der Waals surface area contributed by atoms with Gasteiger partial charge in [0.05, 0.1) is 22.8 Å². The predicted octanol–water partition coefficient (Wildman–Crippen LogP) is 4.19. The van der Waals surface area contributed by atoms with Gasteiger partial charge < -0.3 is 30.6 Å². The van der Waals surface area contributed by atoms with Crippen molar-refractivity contribution < 1.29 is 14.3 Å². The van der Waals surface area contributed by atoms with Crippen LogP contribution in [0.15, 0.2) is 57.9 Å². The molecule has 5 N–H and O–H groups in total. The van der Waals surface area contributed by atoms with E-state index >= 15 is 0 Å². The Balaban J connectivity index is 1.37. The highest BCUT2D eigenvalue weighted by Gasteiger charge is 2.22. The number of anilines is 2. The summed E-state index contributed by atoms with van der Waals surface area (Å²) in [5.74, 6) is -0.137. The molecule has 39 heavy (non-hydrogen) atoms. The number of nitrogens with one attached hydrogen (secondary N) is 4. The number of H-pyrrole nitrogens is 2. The van der Waals surface area contributed by atoms with E-state index in [1.54, 1.807) is 12.3 Å². The fourth-order valence-corrected chi connectivity index (χ4v) is 5.44. The molecule has 1 saturated heterocycles. The summed E-state index contributed by atoms with van der Waals surface area (Å²) >= 11 is 3.42. The van der Waals surface area contributed by atoms with Gasteiger partial charge in [-0.2, -0.15) is 0 Å². The number of fused-ring (bicyclic) bond motifs is 1. The van der Waals surface area contributed by atoms with Crippen molar-refractivity contribution in [3.8, 4) is 11.4 Å². The molecule has 1 fully saturated rings. The summed E-state index contributed by atoms with van der Waals surface area (Å²) in [5, 5.41) is 16.6. The Morgan fingerprint density at radius 2 is 2.05 bits per heavy atom. The molecule has 5 rings (SSSR count). The predicted molar refractivity (Wildman–Crippen MR) is 154 cm³/mol. The number of rotatable bonds is 8. The minimum absolute atomic E-state index is 0.0225. The largest absolute Gasteiger partial charge is 0.387 e. The monoisotopic (exact) mass is 596 g/mol. The Morgan fingerprint density at radius 3 is 2.79 bits per heavy atom. The summed E-state index contributed by atoms with van der Waals surface area (Å²) in [4.78, 5) is 37.3. The summed E-state index contributed by atoms with van der Waals surface area (Å²) in [7, 11) is 0. The molecule has 1 aliphatic heterocycles. The van der Waals surface area contributed by atoms with Gasteiger partial charge in [0, 0.05) is 42.0 Å². The van der Waals surface area contributed by atoms with Crippen molar-refractivity contribution in [2.75, 3.05) is 36.5 Å². The average molecular weight is 597 g/mol. The number of piperidine rings is 1. The number of aliphatic hydroxyl groups excluding tert-OH is 1. The quantitative estimate of drug-likeness (QED) is 0.208. The highest BCUT2D eigenvalue weighted by molar-refractivity contribution is 9.10. The van der Waals surface area contributed by atoms with E-state index in [1.165, 1.54) is 0 Å². The molecule has 0 radical (unpaired) electrons. The Kier molecular flexibility index (Phi) is 7.99. The van der Waals surface area contributed by atoms with Gasteiger partial charge in [0.15, 0.2) is 6.67 Å². The van der Waals surface area contributed by atoms with Gasteiger partial charge in [-0.1, -0.05) is 28.1 Å². The Bertz CT molecular complexity index is 1550. The third-order valence-corrected chi connectivity index (χ3v) is 7.52. The molecular formula is C28H30BrFN6O3. The van der Waals surface area contributed by atoms with Gasteiger partial charge in [-0.15, -0.1) is 0 Å². The van der Waals surface area contributed by atoms with Crippen LogP contribution in [0.1, 0.15) is 30.1 Å². The van der Waals surface area contributed by atoms with Crippen molar-refractivity contribution in [1.82, 2.24) is 20.3 Å². The number of nitrogens with zero attached hydrogens (tertiary/aromatic N) is 2. The topological polar surface area (TPSA) is 126 Å². The van der Waals surface area contributed by atoms with Crippen LogP contribution in [0.2, 0.25) is 0 Å². The molecule has 11 heteroatoms. The van der Waals surface area contributed by atoms with Crippen LogP contribution in [0, 0.1) is 6.92 Å². The van der Waals surface area contributed by atoms with E-state index in [9.17, 15) is 19.1 Å². The molecule has 0 saturated carbocycles. The molecule has 2 aromatic heterocycles. The second-order valence-corrected chi connectivity index (χ2v) is 10.7. The third kappa shape index (κ3) is 5.99. The first-order valence-electron chi connectivity index (χ1n) is 12.8. The van der Waals surface area contributed by atoms with E-state index in [0.717, 1.165) is 58.3 Å². The number of aromatic amines is 2. The number of hydrogen-bond donors (Lipinski definition) is 5. The number of imidazole rings is 1. The Hall–Kier alpha value is -3.70. The molecule has 9 nitrogen and oxygen atoms in total. The summed E-state index contributed by atoms with van der Waals surface area (Å²) in [6.45, 7) is 2.66. The number of alkyl halides is 1. The lowest BCUT2D eigenvalue weighted by molar-refractivity contribution is -0.122. The summed E-state index contributed by atoms with van der Waals surface area (Å²) < 4.78 is 13.4. The van der Waals surface area contributed by atoms with Gasteiger partial charge in [-0.05, 0) is 61.2 Å². The Labute approximate surface area is 233 Å². The van der Waals surface area contributed by atoms with Gasteiger partial charge in [-0.25, -0.2) is 9.37 Å². The molecule has 0 bridgehead atoms. The first-order valence-corrected chi connectivity index (χ1v) is 13.6. The van der Waals surface area contributed by atoms with Crippen LogP contribution < -0.4 is 21.1 Å². The van der Waals surface area contributed by atoms with E-state index < -0.39 is 18.7 Å². The number of aliphatic hydroxyl groups is 1. The van der Waals surface area contributed by atoms with Crippen LogP contribution >= 0.6 is 15.9 Å². The maximum Gasteiger partial charge on any atom is 0.261 e. The van der Waals surface area contributed by atoms with Gasteiger partial charge >= 0.3 is 0 Å². The number of halogens is 2. The molecule has 204 valence electrons. The molecule has 1 atom stereocenters. The van der Waals surface area contributed by atoms with Crippen LogP contribution in [-0.4, -0.2) is 58.3 Å². The molecule has 3 heterocycles. The van der Waals surface area contributed by atoms with E-state index in [0.29, 0.717) is 17.1 Å². The molecule has 4 aromatic rings. The van der Waals surface area contributed by atoms with Crippen LogP contribution in [0.25, 0.3) is 22.4 Å². The zero-order chi connectivity index (χ0) is 27.5. The number of benzene rings is 2. The molecule has 0 spiro atoms. The van der Waals surface area contributed by atoms with E-state index in [2.05, 4.69) is 47.5 Å². The van der Waals surface area contributed by atoms with Crippen LogP contribution in [0.5, 0.6) is 0 Å². The van der Waals surface area contributed by atoms with Crippen LogP contribution in [-0.2, 0) is 4.79 Å². The zero-order valence-corrected chi connectivity index (χ0v) is 23.0. The highest BCUT2D eigenvalue weighted by atomic mass is 79.9.